The Morgan fingerprint density at radius 1 is 1.20 bits per heavy atom. The van der Waals surface area contributed by atoms with Crippen LogP contribution in [0.5, 0.6) is 0 Å². The van der Waals surface area contributed by atoms with E-state index in [-0.39, 0.29) is 20.4 Å². The minimum absolute atomic E-state index is 0. The largest absolute Gasteiger partial charge is 0.467 e. The van der Waals surface area contributed by atoms with Crippen molar-refractivity contribution < 1.29 is 20.4 Å². The van der Waals surface area contributed by atoms with E-state index in [2.05, 4.69) is 32.6 Å². The summed E-state index contributed by atoms with van der Waals surface area (Å²) in [7, 11) is 0. The molecular weight excluding hydrogens is 296 g/mol. The molecule has 0 aliphatic heterocycles. The summed E-state index contributed by atoms with van der Waals surface area (Å²) >= 11 is 0. The van der Waals surface area contributed by atoms with Crippen LogP contribution in [0.4, 0.5) is 0 Å². The molecular formula is C8H18NRe-. The van der Waals surface area contributed by atoms with Gasteiger partial charge in [-0.1, -0.05) is 20.8 Å². The van der Waals surface area contributed by atoms with E-state index in [0.717, 1.165) is 6.42 Å². The number of rotatable bonds is 5. The average Bonchev–Trinajstić information content (AvgIpc) is 1.91. The molecule has 0 saturated heterocycles. The molecule has 0 aliphatic carbocycles. The molecule has 0 spiro atoms. The van der Waals surface area contributed by atoms with Crippen molar-refractivity contribution in [2.75, 3.05) is 0 Å². The van der Waals surface area contributed by atoms with Gasteiger partial charge < -0.3 is 5.32 Å². The molecule has 0 amide bonds. The van der Waals surface area contributed by atoms with E-state index >= 15 is 0 Å². The monoisotopic (exact) mass is 315 g/mol. The molecule has 1 radical (unpaired) electrons. The Balaban J connectivity index is 0. The smallest absolute Gasteiger partial charge is 0 e. The molecule has 1 N–H and O–H groups in total. The molecule has 1 nitrogen and oxygen atoms in total. The van der Waals surface area contributed by atoms with Crippen molar-refractivity contribution in [1.29, 1.82) is 0 Å². The van der Waals surface area contributed by atoms with E-state index in [0.29, 0.717) is 6.04 Å². The molecule has 0 aromatic carbocycles. The first-order chi connectivity index (χ1) is 4.35. The van der Waals surface area contributed by atoms with Crippen LogP contribution in [0.2, 0.25) is 0 Å². The van der Waals surface area contributed by atoms with E-state index in [1.165, 1.54) is 12.8 Å². The van der Waals surface area contributed by atoms with Gasteiger partial charge in [-0.2, -0.15) is 6.42 Å². The van der Waals surface area contributed by atoms with Crippen LogP contribution >= 0.6 is 0 Å². The van der Waals surface area contributed by atoms with Crippen molar-refractivity contribution in [3.05, 3.63) is 6.54 Å². The molecule has 0 atom stereocenters. The maximum absolute atomic E-state index is 3.34. The zero-order valence-corrected chi connectivity index (χ0v) is 9.87. The fourth-order valence-corrected chi connectivity index (χ4v) is 0.809. The van der Waals surface area contributed by atoms with Crippen LogP contribution in [0, 0.1) is 6.54 Å². The Kier molecular flexibility index (Phi) is 12.7. The van der Waals surface area contributed by atoms with Gasteiger partial charge in [0.2, 0.25) is 0 Å². The molecule has 0 unspecified atom stereocenters. The van der Waals surface area contributed by atoms with Crippen LogP contribution in [0.25, 0.3) is 0 Å². The molecule has 0 bridgehead atoms. The minimum atomic E-state index is 0. The fraction of sp³-hybridized carbons (Fsp3) is 0.875. The van der Waals surface area contributed by atoms with Gasteiger partial charge in [-0.3, -0.25) is 6.54 Å². The SMILES string of the molecule is CC[CH-]NC(CC)CC.[Re]. The van der Waals surface area contributed by atoms with Gasteiger partial charge in [0.15, 0.2) is 0 Å². The van der Waals surface area contributed by atoms with Crippen LogP contribution in [-0.4, -0.2) is 6.04 Å². The molecule has 10 heavy (non-hydrogen) atoms. The third-order valence-electron chi connectivity index (χ3n) is 1.54. The van der Waals surface area contributed by atoms with E-state index < -0.39 is 0 Å². The van der Waals surface area contributed by atoms with Crippen LogP contribution in [0.1, 0.15) is 40.0 Å². The molecule has 0 aromatic rings. The van der Waals surface area contributed by atoms with Gasteiger partial charge in [0.1, 0.15) is 0 Å². The van der Waals surface area contributed by atoms with Gasteiger partial charge in [0, 0.05) is 20.4 Å². The summed E-state index contributed by atoms with van der Waals surface area (Å²) in [6.07, 6.45) is 3.58. The summed E-state index contributed by atoms with van der Waals surface area (Å²) in [6, 6.07) is 0.699. The maximum Gasteiger partial charge on any atom is 0 e. The van der Waals surface area contributed by atoms with Crippen molar-refractivity contribution in [3.8, 4) is 0 Å². The molecule has 0 aliphatic rings. The van der Waals surface area contributed by atoms with Gasteiger partial charge >= 0.3 is 0 Å². The average molecular weight is 314 g/mol. The summed E-state index contributed by atoms with van der Waals surface area (Å²) in [5.74, 6) is 0. The van der Waals surface area contributed by atoms with Crippen molar-refractivity contribution in [2.45, 2.75) is 46.1 Å². The number of nitrogens with one attached hydrogen (secondary N) is 1. The Morgan fingerprint density at radius 3 is 2.00 bits per heavy atom. The van der Waals surface area contributed by atoms with Gasteiger partial charge in [-0.25, -0.2) is 0 Å². The Morgan fingerprint density at radius 2 is 1.70 bits per heavy atom. The molecule has 63 valence electrons. The summed E-state index contributed by atoms with van der Waals surface area (Å²) in [6.45, 7) is 8.71. The van der Waals surface area contributed by atoms with E-state index in [9.17, 15) is 0 Å². The van der Waals surface area contributed by atoms with Crippen LogP contribution in [-0.2, 0) is 20.4 Å². The second-order valence-electron chi connectivity index (χ2n) is 2.29. The van der Waals surface area contributed by atoms with E-state index in [1.54, 1.807) is 0 Å². The maximum atomic E-state index is 3.34. The molecule has 0 saturated carbocycles. The quantitative estimate of drug-likeness (QED) is 0.768. The van der Waals surface area contributed by atoms with Crippen LogP contribution in [0.3, 0.4) is 0 Å². The summed E-state index contributed by atoms with van der Waals surface area (Å²) in [4.78, 5) is 0. The Bertz CT molecular complexity index is 53.2. The predicted molar refractivity (Wildman–Crippen MR) is 42.1 cm³/mol. The molecule has 0 rings (SSSR count). The van der Waals surface area contributed by atoms with Gasteiger partial charge in [0.05, 0.1) is 0 Å². The summed E-state index contributed by atoms with van der Waals surface area (Å²) < 4.78 is 0. The van der Waals surface area contributed by atoms with Gasteiger partial charge in [-0.05, 0) is 18.9 Å². The Labute approximate surface area is 78.6 Å². The van der Waals surface area contributed by atoms with Gasteiger partial charge in [0.25, 0.3) is 0 Å². The fourth-order valence-electron chi connectivity index (χ4n) is 0.809. The number of hydrogen-bond acceptors (Lipinski definition) is 1. The van der Waals surface area contributed by atoms with Crippen molar-refractivity contribution in [3.63, 3.8) is 0 Å². The number of hydrogen-bond donors (Lipinski definition) is 1. The van der Waals surface area contributed by atoms with Crippen LogP contribution in [0.15, 0.2) is 0 Å². The molecule has 0 heterocycles. The van der Waals surface area contributed by atoms with Crippen molar-refractivity contribution in [1.82, 2.24) is 5.32 Å². The Hall–Kier alpha value is 0.622. The van der Waals surface area contributed by atoms with E-state index in [1.807, 2.05) is 0 Å². The third-order valence-corrected chi connectivity index (χ3v) is 1.54. The first kappa shape index (κ1) is 13.2. The van der Waals surface area contributed by atoms with Crippen molar-refractivity contribution >= 4 is 0 Å². The standard InChI is InChI=1S/C8H18N.Re/c1-4-7-9-8(5-2)6-3;/h7-9H,4-6H2,1-3H3;/q-1;. The second-order valence-corrected chi connectivity index (χ2v) is 2.29. The summed E-state index contributed by atoms with van der Waals surface area (Å²) in [5.41, 5.74) is 0. The van der Waals surface area contributed by atoms with Gasteiger partial charge in [-0.15, -0.1) is 0 Å². The summed E-state index contributed by atoms with van der Waals surface area (Å²) in [5, 5.41) is 3.34. The van der Waals surface area contributed by atoms with E-state index in [4.69, 9.17) is 0 Å². The molecule has 0 aromatic heterocycles. The zero-order valence-electron chi connectivity index (χ0n) is 7.15. The minimum Gasteiger partial charge on any atom is -0.467 e. The zero-order chi connectivity index (χ0) is 7.11. The first-order valence-corrected chi connectivity index (χ1v) is 3.92. The molecule has 2 heteroatoms. The third kappa shape index (κ3) is 6.74. The van der Waals surface area contributed by atoms with Crippen molar-refractivity contribution in [2.24, 2.45) is 0 Å². The predicted octanol–water partition coefficient (Wildman–Crippen LogP) is 2.33. The first-order valence-electron chi connectivity index (χ1n) is 3.92. The molecule has 0 fully saturated rings. The normalized spacial score (nSPS) is 9.60. The second kappa shape index (κ2) is 9.62. The topological polar surface area (TPSA) is 12.0 Å². The van der Waals surface area contributed by atoms with Crippen LogP contribution < -0.4 is 5.32 Å².